The van der Waals surface area contributed by atoms with Crippen molar-refractivity contribution >= 4 is 11.9 Å². The first-order valence-corrected chi connectivity index (χ1v) is 10.5. The molecule has 2 aliphatic rings. The Kier molecular flexibility index (Phi) is 7.27. The molecule has 0 saturated carbocycles. The summed E-state index contributed by atoms with van der Waals surface area (Å²) >= 11 is 0. The SMILES string of the molecule is O=C(O)CC[C@H]1CCCCN1C(=O)c1ccc(CN2CCCCCC2)cc1. The van der Waals surface area contributed by atoms with Gasteiger partial charge in [0.15, 0.2) is 0 Å². The maximum atomic E-state index is 13.0. The summed E-state index contributed by atoms with van der Waals surface area (Å²) in [6.45, 7) is 4.03. The van der Waals surface area contributed by atoms with Crippen molar-refractivity contribution < 1.29 is 14.7 Å². The lowest BCUT2D eigenvalue weighted by atomic mass is 9.96. The monoisotopic (exact) mass is 372 g/mol. The number of hydrogen-bond acceptors (Lipinski definition) is 3. The molecular formula is C22H32N2O3. The van der Waals surface area contributed by atoms with E-state index >= 15 is 0 Å². The van der Waals surface area contributed by atoms with Gasteiger partial charge in [0.2, 0.25) is 0 Å². The number of aliphatic carboxylic acids is 1. The molecule has 0 unspecified atom stereocenters. The first-order valence-electron chi connectivity index (χ1n) is 10.5. The lowest BCUT2D eigenvalue weighted by Crippen LogP contribution is -2.44. The molecule has 27 heavy (non-hydrogen) atoms. The van der Waals surface area contributed by atoms with Crippen LogP contribution < -0.4 is 0 Å². The van der Waals surface area contributed by atoms with Crippen LogP contribution in [0.2, 0.25) is 0 Å². The van der Waals surface area contributed by atoms with Gasteiger partial charge in [0.05, 0.1) is 0 Å². The van der Waals surface area contributed by atoms with Crippen LogP contribution in [0.25, 0.3) is 0 Å². The predicted octanol–water partition coefficient (Wildman–Crippen LogP) is 3.92. The van der Waals surface area contributed by atoms with Crippen LogP contribution in [0.5, 0.6) is 0 Å². The zero-order valence-electron chi connectivity index (χ0n) is 16.2. The van der Waals surface area contributed by atoms with Crippen LogP contribution in [0.4, 0.5) is 0 Å². The molecule has 2 fully saturated rings. The Morgan fingerprint density at radius 2 is 1.59 bits per heavy atom. The number of piperidine rings is 1. The molecule has 1 aromatic rings. The van der Waals surface area contributed by atoms with Crippen LogP contribution in [0.1, 0.15) is 73.7 Å². The third-order valence-corrected chi connectivity index (χ3v) is 5.89. The largest absolute Gasteiger partial charge is 0.481 e. The number of rotatable bonds is 6. The average molecular weight is 373 g/mol. The van der Waals surface area contributed by atoms with E-state index in [0.29, 0.717) is 6.42 Å². The summed E-state index contributed by atoms with van der Waals surface area (Å²) in [5.41, 5.74) is 1.98. The molecule has 5 heteroatoms. The van der Waals surface area contributed by atoms with E-state index in [0.717, 1.165) is 37.9 Å². The first kappa shape index (κ1) is 19.9. The van der Waals surface area contributed by atoms with E-state index in [2.05, 4.69) is 17.0 Å². The van der Waals surface area contributed by atoms with Gasteiger partial charge < -0.3 is 10.0 Å². The van der Waals surface area contributed by atoms with Gasteiger partial charge in [0, 0.05) is 31.1 Å². The molecule has 3 rings (SSSR count). The van der Waals surface area contributed by atoms with E-state index in [9.17, 15) is 9.59 Å². The maximum absolute atomic E-state index is 13.0. The highest BCUT2D eigenvalue weighted by atomic mass is 16.4. The Labute approximate surface area is 162 Å². The van der Waals surface area contributed by atoms with Crippen molar-refractivity contribution in [3.05, 3.63) is 35.4 Å². The van der Waals surface area contributed by atoms with Gasteiger partial charge in [-0.05, 0) is 69.3 Å². The molecule has 0 bridgehead atoms. The van der Waals surface area contributed by atoms with Crippen molar-refractivity contribution in [2.45, 2.75) is 70.4 Å². The molecule has 1 aromatic carbocycles. The maximum Gasteiger partial charge on any atom is 0.303 e. The number of nitrogens with zero attached hydrogens (tertiary/aromatic N) is 2. The van der Waals surface area contributed by atoms with Crippen LogP contribution in [0.3, 0.4) is 0 Å². The van der Waals surface area contributed by atoms with Crippen molar-refractivity contribution in [2.75, 3.05) is 19.6 Å². The summed E-state index contributed by atoms with van der Waals surface area (Å²) < 4.78 is 0. The molecule has 2 heterocycles. The highest BCUT2D eigenvalue weighted by Crippen LogP contribution is 2.23. The predicted molar refractivity (Wildman–Crippen MR) is 106 cm³/mol. The molecule has 0 aromatic heterocycles. The molecule has 2 saturated heterocycles. The van der Waals surface area contributed by atoms with Crippen LogP contribution >= 0.6 is 0 Å². The average Bonchev–Trinajstić information content (AvgIpc) is 2.95. The number of amides is 1. The fourth-order valence-electron chi connectivity index (χ4n) is 4.33. The fraction of sp³-hybridized carbons (Fsp3) is 0.636. The summed E-state index contributed by atoms with van der Waals surface area (Å²) in [7, 11) is 0. The van der Waals surface area contributed by atoms with Crippen molar-refractivity contribution in [3.8, 4) is 0 Å². The third kappa shape index (κ3) is 5.80. The topological polar surface area (TPSA) is 60.9 Å². The summed E-state index contributed by atoms with van der Waals surface area (Å²) in [4.78, 5) is 28.3. The molecule has 0 radical (unpaired) electrons. The molecular weight excluding hydrogens is 340 g/mol. The molecule has 0 spiro atoms. The molecule has 0 aliphatic carbocycles. The van der Waals surface area contributed by atoms with E-state index < -0.39 is 5.97 Å². The van der Waals surface area contributed by atoms with E-state index in [1.165, 1.54) is 44.3 Å². The van der Waals surface area contributed by atoms with Gasteiger partial charge in [-0.2, -0.15) is 0 Å². The van der Waals surface area contributed by atoms with E-state index in [-0.39, 0.29) is 18.4 Å². The minimum absolute atomic E-state index is 0.0476. The number of carbonyl (C=O) groups is 2. The molecule has 2 aliphatic heterocycles. The van der Waals surface area contributed by atoms with E-state index in [1.54, 1.807) is 0 Å². The second kappa shape index (κ2) is 9.88. The van der Waals surface area contributed by atoms with Gasteiger partial charge in [0.25, 0.3) is 5.91 Å². The van der Waals surface area contributed by atoms with Gasteiger partial charge in [0.1, 0.15) is 0 Å². The van der Waals surface area contributed by atoms with Gasteiger partial charge in [-0.3, -0.25) is 14.5 Å². The fourth-order valence-corrected chi connectivity index (χ4v) is 4.33. The summed E-state index contributed by atoms with van der Waals surface area (Å²) in [6.07, 6.45) is 8.90. The van der Waals surface area contributed by atoms with Crippen molar-refractivity contribution in [3.63, 3.8) is 0 Å². The normalized spacial score (nSPS) is 21.6. The van der Waals surface area contributed by atoms with Gasteiger partial charge in [-0.25, -0.2) is 0 Å². The summed E-state index contributed by atoms with van der Waals surface area (Å²) in [5.74, 6) is -0.739. The third-order valence-electron chi connectivity index (χ3n) is 5.89. The lowest BCUT2D eigenvalue weighted by molar-refractivity contribution is -0.137. The van der Waals surface area contributed by atoms with Crippen molar-refractivity contribution in [2.24, 2.45) is 0 Å². The van der Waals surface area contributed by atoms with Crippen LogP contribution in [-0.2, 0) is 11.3 Å². The van der Waals surface area contributed by atoms with E-state index in [4.69, 9.17) is 5.11 Å². The smallest absolute Gasteiger partial charge is 0.303 e. The zero-order chi connectivity index (χ0) is 19.1. The number of carbonyl (C=O) groups excluding carboxylic acids is 1. The second-order valence-corrected chi connectivity index (χ2v) is 7.97. The van der Waals surface area contributed by atoms with Crippen molar-refractivity contribution in [1.82, 2.24) is 9.80 Å². The Balaban J connectivity index is 1.60. The Morgan fingerprint density at radius 1 is 0.926 bits per heavy atom. The highest BCUT2D eigenvalue weighted by Gasteiger charge is 2.27. The van der Waals surface area contributed by atoms with Crippen LogP contribution in [0.15, 0.2) is 24.3 Å². The number of likely N-dealkylation sites (tertiary alicyclic amines) is 2. The summed E-state index contributed by atoms with van der Waals surface area (Å²) in [6, 6.07) is 8.10. The number of carboxylic acids is 1. The standard InChI is InChI=1S/C22H32N2O3/c25-21(26)13-12-20-7-3-6-16-24(20)22(27)19-10-8-18(9-11-19)17-23-14-4-1-2-5-15-23/h8-11,20H,1-7,12-17H2,(H,25,26)/t20-/m1/s1. The van der Waals surface area contributed by atoms with Crippen molar-refractivity contribution in [1.29, 1.82) is 0 Å². The molecule has 1 amide bonds. The van der Waals surface area contributed by atoms with Crippen LogP contribution in [-0.4, -0.2) is 52.5 Å². The minimum Gasteiger partial charge on any atom is -0.481 e. The summed E-state index contributed by atoms with van der Waals surface area (Å²) in [5, 5.41) is 8.96. The minimum atomic E-state index is -0.786. The van der Waals surface area contributed by atoms with Crippen LogP contribution in [0, 0.1) is 0 Å². The van der Waals surface area contributed by atoms with Gasteiger partial charge in [-0.15, -0.1) is 0 Å². The Bertz CT molecular complexity index is 621. The molecule has 1 N–H and O–H groups in total. The Hall–Kier alpha value is -1.88. The van der Waals surface area contributed by atoms with Gasteiger partial charge in [-0.1, -0.05) is 25.0 Å². The number of benzene rings is 1. The molecule has 148 valence electrons. The number of hydrogen-bond donors (Lipinski definition) is 1. The first-order chi connectivity index (χ1) is 13.1. The lowest BCUT2D eigenvalue weighted by Gasteiger charge is -2.35. The molecule has 1 atom stereocenters. The number of carboxylic acid groups (broad SMARTS) is 1. The second-order valence-electron chi connectivity index (χ2n) is 7.97. The zero-order valence-corrected chi connectivity index (χ0v) is 16.2. The quantitative estimate of drug-likeness (QED) is 0.822. The molecule has 5 nitrogen and oxygen atoms in total. The highest BCUT2D eigenvalue weighted by molar-refractivity contribution is 5.94. The van der Waals surface area contributed by atoms with Gasteiger partial charge >= 0.3 is 5.97 Å². The van der Waals surface area contributed by atoms with E-state index in [1.807, 2.05) is 17.0 Å². The Morgan fingerprint density at radius 3 is 2.26 bits per heavy atom.